The summed E-state index contributed by atoms with van der Waals surface area (Å²) in [7, 11) is 0. The maximum absolute atomic E-state index is 13.3. The normalized spacial score (nSPS) is 14.5. The molecule has 0 aliphatic carbocycles. The molecule has 0 N–H and O–H groups in total. The number of ether oxygens (including phenoxy) is 1. The van der Waals surface area contributed by atoms with Crippen LogP contribution in [0.2, 0.25) is 0 Å². The minimum Gasteiger partial charge on any atom is -0.378 e. The summed E-state index contributed by atoms with van der Waals surface area (Å²) >= 11 is 1.10. The summed E-state index contributed by atoms with van der Waals surface area (Å²) in [5.41, 5.74) is 2.31. The van der Waals surface area contributed by atoms with Gasteiger partial charge in [-0.15, -0.1) is 10.2 Å². The van der Waals surface area contributed by atoms with Gasteiger partial charge in [-0.2, -0.15) is 23.5 Å². The number of hydrogen-bond acceptors (Lipinski definition) is 7. The molecule has 3 heterocycles. The second kappa shape index (κ2) is 9.22. The van der Waals surface area contributed by atoms with Crippen molar-refractivity contribution in [2.75, 3.05) is 31.2 Å². The lowest BCUT2D eigenvalue weighted by Crippen LogP contribution is -2.38. The van der Waals surface area contributed by atoms with Gasteiger partial charge in [0.1, 0.15) is 12.6 Å². The smallest absolute Gasteiger partial charge is 0.378 e. The molecule has 168 valence electrons. The van der Waals surface area contributed by atoms with E-state index in [9.17, 15) is 18.4 Å². The number of nitrogens with zero attached hydrogens (tertiary/aromatic N) is 7. The molecule has 3 aromatic rings. The molecule has 0 bridgehead atoms. The Labute approximate surface area is 186 Å². The minimum atomic E-state index is -4.43. The van der Waals surface area contributed by atoms with Crippen molar-refractivity contribution in [3.05, 3.63) is 47.3 Å². The van der Waals surface area contributed by atoms with E-state index in [2.05, 4.69) is 21.4 Å². The first kappa shape index (κ1) is 22.2. The van der Waals surface area contributed by atoms with Crippen LogP contribution in [0.25, 0.3) is 5.69 Å². The largest absolute Gasteiger partial charge is 0.406 e. The lowest BCUT2D eigenvalue weighted by molar-refractivity contribution is -0.141. The van der Waals surface area contributed by atoms with E-state index in [1.807, 2.05) is 30.3 Å². The van der Waals surface area contributed by atoms with Crippen molar-refractivity contribution in [3.8, 4) is 11.8 Å². The van der Waals surface area contributed by atoms with Crippen molar-refractivity contribution in [2.45, 2.75) is 30.6 Å². The Bertz CT molecular complexity index is 1110. The molecule has 0 saturated carbocycles. The molecule has 1 aliphatic rings. The van der Waals surface area contributed by atoms with Crippen LogP contribution in [0.3, 0.4) is 0 Å². The highest BCUT2D eigenvalue weighted by Gasteiger charge is 2.33. The molecule has 1 aliphatic heterocycles. The van der Waals surface area contributed by atoms with Crippen molar-refractivity contribution in [2.24, 2.45) is 0 Å². The van der Waals surface area contributed by atoms with Crippen LogP contribution in [0, 0.1) is 18.3 Å². The molecular weight excluding hydrogens is 443 g/mol. The molecule has 12 heteroatoms. The summed E-state index contributed by atoms with van der Waals surface area (Å²) in [6.07, 6.45) is -4.43. The molecule has 1 fully saturated rings. The van der Waals surface area contributed by atoms with Crippen LogP contribution in [0.1, 0.15) is 17.0 Å². The number of morpholine rings is 1. The predicted octanol–water partition coefficient (Wildman–Crippen LogP) is 3.34. The zero-order valence-corrected chi connectivity index (χ0v) is 18.0. The van der Waals surface area contributed by atoms with E-state index in [4.69, 9.17) is 4.74 Å². The average Bonchev–Trinajstić information content (AvgIpc) is 3.32. The summed E-state index contributed by atoms with van der Waals surface area (Å²) in [5, 5.41) is 22.3. The number of rotatable bonds is 6. The average molecular weight is 463 g/mol. The predicted molar refractivity (Wildman–Crippen MR) is 112 cm³/mol. The van der Waals surface area contributed by atoms with E-state index in [-0.39, 0.29) is 16.9 Å². The summed E-state index contributed by atoms with van der Waals surface area (Å²) < 4.78 is 48.0. The Balaban J connectivity index is 1.66. The van der Waals surface area contributed by atoms with Gasteiger partial charge in [-0.25, -0.2) is 4.68 Å². The Kier molecular flexibility index (Phi) is 6.38. The molecule has 0 radical (unpaired) electrons. The third kappa shape index (κ3) is 4.73. The first-order valence-electron chi connectivity index (χ1n) is 9.87. The highest BCUT2D eigenvalue weighted by molar-refractivity contribution is 7.98. The van der Waals surface area contributed by atoms with E-state index in [1.54, 1.807) is 16.5 Å². The van der Waals surface area contributed by atoms with Crippen LogP contribution in [-0.2, 0) is 17.0 Å². The molecule has 0 atom stereocenters. The number of thioether (sulfide) groups is 1. The Morgan fingerprint density at radius 3 is 2.53 bits per heavy atom. The highest BCUT2D eigenvalue weighted by Crippen LogP contribution is 2.31. The van der Waals surface area contributed by atoms with Crippen LogP contribution < -0.4 is 4.90 Å². The van der Waals surface area contributed by atoms with Gasteiger partial charge in [0, 0.05) is 18.8 Å². The van der Waals surface area contributed by atoms with Crippen LogP contribution in [-0.4, -0.2) is 57.0 Å². The van der Waals surface area contributed by atoms with E-state index >= 15 is 0 Å². The number of hydrogen-bond donors (Lipinski definition) is 0. The molecule has 2 aromatic heterocycles. The maximum atomic E-state index is 13.3. The summed E-state index contributed by atoms with van der Waals surface area (Å²) in [5.74, 6) is 0.374. The van der Waals surface area contributed by atoms with Crippen molar-refractivity contribution < 1.29 is 17.9 Å². The molecule has 1 aromatic carbocycles. The van der Waals surface area contributed by atoms with Gasteiger partial charge in [-0.1, -0.05) is 30.0 Å². The summed E-state index contributed by atoms with van der Waals surface area (Å²) in [6.45, 7) is 2.26. The lowest BCUT2D eigenvalue weighted by Gasteiger charge is -2.28. The molecule has 0 spiro atoms. The second-order valence-corrected chi connectivity index (χ2v) is 8.08. The van der Waals surface area contributed by atoms with Crippen molar-refractivity contribution >= 4 is 17.7 Å². The van der Waals surface area contributed by atoms with E-state index < -0.39 is 12.7 Å². The van der Waals surface area contributed by atoms with Crippen LogP contribution in [0.5, 0.6) is 0 Å². The third-order valence-electron chi connectivity index (χ3n) is 4.94. The first-order chi connectivity index (χ1) is 15.4. The van der Waals surface area contributed by atoms with Crippen LogP contribution in [0.15, 0.2) is 35.5 Å². The molecule has 0 amide bonds. The number of benzene rings is 1. The van der Waals surface area contributed by atoms with Gasteiger partial charge in [-0.3, -0.25) is 4.57 Å². The summed E-state index contributed by atoms with van der Waals surface area (Å²) in [4.78, 5) is 1.74. The minimum absolute atomic E-state index is 0.131. The fraction of sp³-hybridized carbons (Fsp3) is 0.400. The molecule has 0 unspecified atom stereocenters. The number of halogens is 3. The number of para-hydroxylation sites is 1. The van der Waals surface area contributed by atoms with Gasteiger partial charge in [0.15, 0.2) is 5.16 Å². The van der Waals surface area contributed by atoms with Crippen LogP contribution in [0.4, 0.5) is 19.1 Å². The van der Waals surface area contributed by atoms with Crippen molar-refractivity contribution in [1.29, 1.82) is 5.26 Å². The molecule has 4 rings (SSSR count). The highest BCUT2D eigenvalue weighted by atomic mass is 32.2. The number of aromatic nitrogens is 5. The second-order valence-electron chi connectivity index (χ2n) is 7.14. The van der Waals surface area contributed by atoms with Gasteiger partial charge in [0.2, 0.25) is 5.95 Å². The molecular formula is C20H20F3N7OS. The molecule has 32 heavy (non-hydrogen) atoms. The van der Waals surface area contributed by atoms with Crippen molar-refractivity contribution in [1.82, 2.24) is 24.5 Å². The van der Waals surface area contributed by atoms with Gasteiger partial charge in [-0.05, 0) is 19.1 Å². The third-order valence-corrected chi connectivity index (χ3v) is 5.91. The maximum Gasteiger partial charge on any atom is 0.406 e. The fourth-order valence-electron chi connectivity index (χ4n) is 3.47. The number of aryl methyl sites for hydroxylation is 1. The topological polar surface area (TPSA) is 84.8 Å². The molecule has 8 nitrogen and oxygen atoms in total. The number of nitriles is 1. The monoisotopic (exact) mass is 463 g/mol. The number of anilines is 1. The van der Waals surface area contributed by atoms with Gasteiger partial charge in [0.05, 0.1) is 35.9 Å². The molecule has 1 saturated heterocycles. The number of alkyl halides is 3. The van der Waals surface area contributed by atoms with Crippen LogP contribution >= 0.6 is 11.8 Å². The quantitative estimate of drug-likeness (QED) is 0.519. The Morgan fingerprint density at radius 2 is 1.88 bits per heavy atom. The Morgan fingerprint density at radius 1 is 1.16 bits per heavy atom. The van der Waals surface area contributed by atoms with Gasteiger partial charge < -0.3 is 9.64 Å². The zero-order chi connectivity index (χ0) is 22.7. The summed E-state index contributed by atoms with van der Waals surface area (Å²) in [6, 6.07) is 11.4. The van der Waals surface area contributed by atoms with Gasteiger partial charge >= 0.3 is 6.18 Å². The SMILES string of the molecule is Cc1nn(-c2ccccc2)c(CSc2nnc(N3CCOCC3)n2CC(F)(F)F)c1C#N. The Hall–Kier alpha value is -3.04. The standard InChI is InChI=1S/C20H20F3N7OS/c1-14-16(11-24)17(30(27-14)15-5-3-2-4-6-15)12-32-19-26-25-18(28-7-9-31-10-8-28)29(19)13-20(21,22)23/h2-6H,7-10,12-13H2,1H3. The zero-order valence-electron chi connectivity index (χ0n) is 17.2. The van der Waals surface area contributed by atoms with Crippen molar-refractivity contribution in [3.63, 3.8) is 0 Å². The van der Waals surface area contributed by atoms with E-state index in [0.29, 0.717) is 43.3 Å². The van der Waals surface area contributed by atoms with Gasteiger partial charge in [0.25, 0.3) is 0 Å². The lowest BCUT2D eigenvalue weighted by atomic mass is 10.2. The van der Waals surface area contributed by atoms with E-state index in [1.165, 1.54) is 0 Å². The first-order valence-corrected chi connectivity index (χ1v) is 10.9. The van der Waals surface area contributed by atoms with E-state index in [0.717, 1.165) is 22.0 Å². The fourth-order valence-corrected chi connectivity index (χ4v) is 4.41.